The Labute approximate surface area is 99.1 Å². The lowest BCUT2D eigenvalue weighted by Gasteiger charge is -2.32. The van der Waals surface area contributed by atoms with Crippen LogP contribution in [0.3, 0.4) is 0 Å². The van der Waals surface area contributed by atoms with Crippen LogP contribution in [0.1, 0.15) is 46.9 Å². The molecule has 0 spiro atoms. The van der Waals surface area contributed by atoms with Gasteiger partial charge in [-0.2, -0.15) is 0 Å². The maximum atomic E-state index is 4.23. The zero-order chi connectivity index (χ0) is 12.2. The Morgan fingerprint density at radius 2 is 2.06 bits per heavy atom. The van der Waals surface area contributed by atoms with E-state index in [-0.39, 0.29) is 5.41 Å². The number of nitrogens with one attached hydrogen (secondary N) is 2. The summed E-state index contributed by atoms with van der Waals surface area (Å²) in [5.41, 5.74) is 0.289. The van der Waals surface area contributed by atoms with Crippen LogP contribution in [0, 0.1) is 11.3 Å². The molecule has 0 bridgehead atoms. The van der Waals surface area contributed by atoms with Crippen LogP contribution in [0.25, 0.3) is 0 Å². The summed E-state index contributed by atoms with van der Waals surface area (Å²) in [7, 11) is 0. The summed E-state index contributed by atoms with van der Waals surface area (Å²) >= 11 is 0. The number of hydrogen-bond donors (Lipinski definition) is 2. The van der Waals surface area contributed by atoms with Gasteiger partial charge in [-0.3, -0.25) is 0 Å². The van der Waals surface area contributed by atoms with Crippen molar-refractivity contribution in [2.24, 2.45) is 11.3 Å². The topological polar surface area (TPSA) is 40.7 Å². The smallest absolute Gasteiger partial charge is 0.120 e. The molecule has 0 aliphatic carbocycles. The molecule has 16 heavy (non-hydrogen) atoms. The lowest BCUT2D eigenvalue weighted by molar-refractivity contribution is 0.231. The molecule has 1 unspecified atom stereocenters. The number of nitrogens with zero attached hydrogens (tertiary/aromatic N) is 1. The van der Waals surface area contributed by atoms with E-state index >= 15 is 0 Å². The highest BCUT2D eigenvalue weighted by Crippen LogP contribution is 2.24. The second-order valence-corrected chi connectivity index (χ2v) is 5.96. The van der Waals surface area contributed by atoms with Crippen LogP contribution in [-0.2, 0) is 6.54 Å². The Hall–Kier alpha value is -0.830. The second kappa shape index (κ2) is 5.48. The number of H-pyrrole nitrogens is 1. The molecule has 0 aliphatic heterocycles. The van der Waals surface area contributed by atoms with Crippen molar-refractivity contribution >= 4 is 0 Å². The highest BCUT2D eigenvalue weighted by atomic mass is 15.0. The molecule has 0 aliphatic rings. The molecule has 0 radical (unpaired) electrons. The van der Waals surface area contributed by atoms with Gasteiger partial charge in [-0.05, 0) is 17.8 Å². The molecule has 3 nitrogen and oxygen atoms in total. The van der Waals surface area contributed by atoms with E-state index in [1.54, 1.807) is 6.20 Å². The summed E-state index contributed by atoms with van der Waals surface area (Å²) in [6.45, 7) is 12.2. The Bertz CT molecular complexity index is 283. The standard InChI is InChI=1S/C13H25N3/c1-10(2)8-11(13(3,4)5)16-9-12-14-6-7-15-12/h6-7,10-11,16H,8-9H2,1-5H3,(H,14,15). The number of aromatic amines is 1. The monoisotopic (exact) mass is 223 g/mol. The highest BCUT2D eigenvalue weighted by Gasteiger charge is 2.24. The summed E-state index contributed by atoms with van der Waals surface area (Å²) in [6.07, 6.45) is 4.86. The van der Waals surface area contributed by atoms with E-state index < -0.39 is 0 Å². The van der Waals surface area contributed by atoms with Gasteiger partial charge in [-0.25, -0.2) is 4.98 Å². The second-order valence-electron chi connectivity index (χ2n) is 5.96. The molecule has 92 valence electrons. The highest BCUT2D eigenvalue weighted by molar-refractivity contribution is 4.89. The van der Waals surface area contributed by atoms with Gasteiger partial charge in [-0.1, -0.05) is 34.6 Å². The minimum Gasteiger partial charge on any atom is -0.348 e. The summed E-state index contributed by atoms with van der Waals surface area (Å²) in [4.78, 5) is 7.36. The van der Waals surface area contributed by atoms with Crippen LogP contribution < -0.4 is 5.32 Å². The molecule has 0 saturated heterocycles. The minimum absolute atomic E-state index is 0.289. The molecule has 1 rings (SSSR count). The fourth-order valence-electron chi connectivity index (χ4n) is 1.83. The van der Waals surface area contributed by atoms with Crippen molar-refractivity contribution in [2.75, 3.05) is 0 Å². The van der Waals surface area contributed by atoms with Gasteiger partial charge in [-0.15, -0.1) is 0 Å². The molecule has 0 amide bonds. The molecule has 2 N–H and O–H groups in total. The Morgan fingerprint density at radius 3 is 2.50 bits per heavy atom. The van der Waals surface area contributed by atoms with Crippen molar-refractivity contribution in [3.63, 3.8) is 0 Å². The molecule has 1 atom stereocenters. The van der Waals surface area contributed by atoms with Gasteiger partial charge < -0.3 is 10.3 Å². The Kier molecular flexibility index (Phi) is 4.54. The average molecular weight is 223 g/mol. The first-order valence-electron chi connectivity index (χ1n) is 6.11. The zero-order valence-electron chi connectivity index (χ0n) is 11.2. The first kappa shape index (κ1) is 13.2. The van der Waals surface area contributed by atoms with Gasteiger partial charge in [0, 0.05) is 18.4 Å². The van der Waals surface area contributed by atoms with Crippen molar-refractivity contribution in [2.45, 2.75) is 53.6 Å². The van der Waals surface area contributed by atoms with Crippen molar-refractivity contribution < 1.29 is 0 Å². The van der Waals surface area contributed by atoms with E-state index in [9.17, 15) is 0 Å². The molecule has 1 heterocycles. The molecular weight excluding hydrogens is 198 g/mol. The first-order chi connectivity index (χ1) is 7.39. The number of rotatable bonds is 5. The third kappa shape index (κ3) is 4.35. The molecule has 0 saturated carbocycles. The predicted octanol–water partition coefficient (Wildman–Crippen LogP) is 2.96. The van der Waals surface area contributed by atoms with Crippen molar-refractivity contribution in [3.05, 3.63) is 18.2 Å². The van der Waals surface area contributed by atoms with Crippen molar-refractivity contribution in [1.29, 1.82) is 0 Å². The van der Waals surface area contributed by atoms with Crippen LogP contribution in [0.5, 0.6) is 0 Å². The van der Waals surface area contributed by atoms with Crippen molar-refractivity contribution in [1.82, 2.24) is 15.3 Å². The Balaban J connectivity index is 2.50. The van der Waals surface area contributed by atoms with E-state index in [4.69, 9.17) is 0 Å². The summed E-state index contributed by atoms with van der Waals surface area (Å²) in [6, 6.07) is 0.526. The lowest BCUT2D eigenvalue weighted by Crippen LogP contribution is -2.41. The van der Waals surface area contributed by atoms with Crippen molar-refractivity contribution in [3.8, 4) is 0 Å². The normalized spacial score (nSPS) is 14.4. The molecule has 3 heteroatoms. The van der Waals surface area contributed by atoms with Gasteiger partial charge in [0.1, 0.15) is 5.82 Å². The quantitative estimate of drug-likeness (QED) is 0.805. The van der Waals surface area contributed by atoms with Gasteiger partial charge in [0.05, 0.1) is 6.54 Å². The van der Waals surface area contributed by atoms with E-state index in [1.165, 1.54) is 6.42 Å². The van der Waals surface area contributed by atoms with E-state index in [2.05, 4.69) is 49.9 Å². The van der Waals surface area contributed by atoms with Gasteiger partial charge in [0.25, 0.3) is 0 Å². The first-order valence-corrected chi connectivity index (χ1v) is 6.11. The van der Waals surface area contributed by atoms with Gasteiger partial charge in [0.15, 0.2) is 0 Å². The third-order valence-corrected chi connectivity index (χ3v) is 2.82. The van der Waals surface area contributed by atoms with Crippen LogP contribution in [0.15, 0.2) is 12.4 Å². The molecule has 0 fully saturated rings. The summed E-state index contributed by atoms with van der Waals surface area (Å²) < 4.78 is 0. The number of imidazole rings is 1. The predicted molar refractivity (Wildman–Crippen MR) is 68.1 cm³/mol. The van der Waals surface area contributed by atoms with E-state index in [0.29, 0.717) is 12.0 Å². The van der Waals surface area contributed by atoms with E-state index in [0.717, 1.165) is 12.4 Å². The maximum Gasteiger partial charge on any atom is 0.120 e. The van der Waals surface area contributed by atoms with Crippen LogP contribution in [-0.4, -0.2) is 16.0 Å². The summed E-state index contributed by atoms with van der Waals surface area (Å²) in [5.74, 6) is 1.73. The zero-order valence-corrected chi connectivity index (χ0v) is 11.2. The SMILES string of the molecule is CC(C)CC(NCc1ncc[nH]1)C(C)(C)C. The molecule has 0 aromatic carbocycles. The van der Waals surface area contributed by atoms with Gasteiger partial charge in [0.2, 0.25) is 0 Å². The van der Waals surface area contributed by atoms with E-state index in [1.807, 2.05) is 6.20 Å². The van der Waals surface area contributed by atoms with Crippen LogP contribution in [0.2, 0.25) is 0 Å². The average Bonchev–Trinajstić information content (AvgIpc) is 2.62. The number of aromatic nitrogens is 2. The molecule has 1 aromatic rings. The Morgan fingerprint density at radius 1 is 1.38 bits per heavy atom. The van der Waals surface area contributed by atoms with Crippen LogP contribution >= 0.6 is 0 Å². The lowest BCUT2D eigenvalue weighted by atomic mass is 9.82. The van der Waals surface area contributed by atoms with Crippen LogP contribution in [0.4, 0.5) is 0 Å². The maximum absolute atomic E-state index is 4.23. The molecule has 1 aromatic heterocycles. The van der Waals surface area contributed by atoms with Gasteiger partial charge >= 0.3 is 0 Å². The summed E-state index contributed by atoms with van der Waals surface area (Å²) in [5, 5.41) is 3.60. The third-order valence-electron chi connectivity index (χ3n) is 2.82. The largest absolute Gasteiger partial charge is 0.348 e. The number of hydrogen-bond acceptors (Lipinski definition) is 2. The fraction of sp³-hybridized carbons (Fsp3) is 0.769. The molecular formula is C13H25N3. The minimum atomic E-state index is 0.289. The fourth-order valence-corrected chi connectivity index (χ4v) is 1.83.